The van der Waals surface area contributed by atoms with E-state index < -0.39 is 14.9 Å². The first-order chi connectivity index (χ1) is 9.70. The number of halogens is 1. The van der Waals surface area contributed by atoms with Crippen molar-refractivity contribution in [2.75, 3.05) is 0 Å². The molecule has 21 heavy (non-hydrogen) atoms. The maximum Gasteiger partial charge on any atom is 0.275 e. The van der Waals surface area contributed by atoms with Gasteiger partial charge in [-0.25, -0.2) is 18.5 Å². The van der Waals surface area contributed by atoms with Crippen LogP contribution in [0.1, 0.15) is 11.4 Å². The molecule has 0 unspecified atom stereocenters. The molecular formula is C11H11ClN4O4S. The van der Waals surface area contributed by atoms with Crippen LogP contribution in [0.15, 0.2) is 29.4 Å². The van der Waals surface area contributed by atoms with Crippen molar-refractivity contribution in [2.45, 2.75) is 18.5 Å². The molecule has 2 N–H and O–H groups in total. The van der Waals surface area contributed by atoms with E-state index in [9.17, 15) is 18.5 Å². The molecule has 0 amide bonds. The van der Waals surface area contributed by atoms with E-state index in [2.05, 4.69) is 4.98 Å². The molecule has 10 heteroatoms. The Hall–Kier alpha value is -1.97. The summed E-state index contributed by atoms with van der Waals surface area (Å²) in [5.41, 5.74) is 0.124. The number of nitro benzene ring substituents is 1. The van der Waals surface area contributed by atoms with Crippen molar-refractivity contribution in [2.24, 2.45) is 5.14 Å². The fraction of sp³-hybridized carbons (Fsp3) is 0.182. The van der Waals surface area contributed by atoms with E-state index in [1.54, 1.807) is 6.92 Å². The first-order valence-electron chi connectivity index (χ1n) is 5.68. The summed E-state index contributed by atoms with van der Waals surface area (Å²) in [7, 11) is -3.93. The summed E-state index contributed by atoms with van der Waals surface area (Å²) in [6, 6.07) is 4.32. The van der Waals surface area contributed by atoms with E-state index in [-0.39, 0.29) is 27.8 Å². The van der Waals surface area contributed by atoms with Crippen molar-refractivity contribution < 1.29 is 13.3 Å². The van der Waals surface area contributed by atoms with Crippen molar-refractivity contribution in [1.29, 1.82) is 0 Å². The monoisotopic (exact) mass is 330 g/mol. The number of nitrogens with two attached hydrogens (primary N) is 1. The molecule has 2 aromatic rings. The van der Waals surface area contributed by atoms with Crippen molar-refractivity contribution in [1.82, 2.24) is 9.55 Å². The molecule has 0 radical (unpaired) electrons. The molecule has 0 aliphatic heterocycles. The van der Waals surface area contributed by atoms with Gasteiger partial charge in [-0.2, -0.15) is 0 Å². The molecule has 0 aliphatic rings. The van der Waals surface area contributed by atoms with Crippen molar-refractivity contribution in [3.05, 3.63) is 50.9 Å². The lowest BCUT2D eigenvalue weighted by Crippen LogP contribution is -2.12. The van der Waals surface area contributed by atoms with E-state index in [0.717, 1.165) is 0 Å². The van der Waals surface area contributed by atoms with E-state index in [4.69, 9.17) is 16.7 Å². The van der Waals surface area contributed by atoms with Gasteiger partial charge < -0.3 is 4.57 Å². The Bertz CT molecular complexity index is 816. The number of sulfonamides is 1. The molecule has 0 aliphatic carbocycles. The second-order valence-corrected chi connectivity index (χ2v) is 6.21. The zero-order valence-corrected chi connectivity index (χ0v) is 12.4. The van der Waals surface area contributed by atoms with Gasteiger partial charge in [0.2, 0.25) is 0 Å². The van der Waals surface area contributed by atoms with Crippen LogP contribution in [0.2, 0.25) is 5.02 Å². The van der Waals surface area contributed by atoms with Crippen LogP contribution in [-0.4, -0.2) is 22.9 Å². The fourth-order valence-corrected chi connectivity index (χ4v) is 2.58. The van der Waals surface area contributed by atoms with Crippen LogP contribution < -0.4 is 5.14 Å². The lowest BCUT2D eigenvalue weighted by molar-refractivity contribution is -0.385. The zero-order valence-electron chi connectivity index (χ0n) is 10.9. The molecule has 8 nitrogen and oxygen atoms in total. The molecule has 0 bridgehead atoms. The molecule has 2 rings (SSSR count). The van der Waals surface area contributed by atoms with Crippen LogP contribution in [0.3, 0.4) is 0 Å². The summed E-state index contributed by atoms with van der Waals surface area (Å²) in [5.74, 6) is 0.355. The second kappa shape index (κ2) is 5.43. The van der Waals surface area contributed by atoms with Crippen LogP contribution in [0.25, 0.3) is 0 Å². The van der Waals surface area contributed by atoms with Crippen LogP contribution in [0, 0.1) is 17.0 Å². The lowest BCUT2D eigenvalue weighted by Gasteiger charge is -2.07. The van der Waals surface area contributed by atoms with Crippen molar-refractivity contribution in [3.8, 4) is 0 Å². The van der Waals surface area contributed by atoms with Crippen LogP contribution in [0.4, 0.5) is 5.69 Å². The molecule has 0 spiro atoms. The van der Waals surface area contributed by atoms with Gasteiger partial charge in [-0.3, -0.25) is 10.1 Å². The quantitative estimate of drug-likeness (QED) is 0.671. The summed E-state index contributed by atoms with van der Waals surface area (Å²) in [4.78, 5) is 14.3. The van der Waals surface area contributed by atoms with Gasteiger partial charge in [0.25, 0.3) is 15.7 Å². The molecule has 1 heterocycles. The predicted molar refractivity (Wildman–Crippen MR) is 75.5 cm³/mol. The summed E-state index contributed by atoms with van der Waals surface area (Å²) < 4.78 is 24.0. The van der Waals surface area contributed by atoms with Gasteiger partial charge in [0.05, 0.1) is 22.1 Å². The normalized spacial score (nSPS) is 11.6. The van der Waals surface area contributed by atoms with Gasteiger partial charge in [-0.05, 0) is 13.0 Å². The SMILES string of the molecule is Cc1nc(S(N)(=O)=O)cn1Cc1c(Cl)cccc1[N+](=O)[O-]. The largest absolute Gasteiger partial charge is 0.329 e. The maximum atomic E-state index is 11.3. The van der Waals surface area contributed by atoms with Gasteiger partial charge in [0.15, 0.2) is 5.03 Å². The lowest BCUT2D eigenvalue weighted by atomic mass is 10.2. The third-order valence-electron chi connectivity index (χ3n) is 2.86. The topological polar surface area (TPSA) is 121 Å². The molecule has 1 aromatic heterocycles. The summed E-state index contributed by atoms with van der Waals surface area (Å²) in [6.45, 7) is 1.59. The van der Waals surface area contributed by atoms with Crippen LogP contribution >= 0.6 is 11.6 Å². The molecule has 0 saturated carbocycles. The van der Waals surface area contributed by atoms with Gasteiger partial charge in [-0.1, -0.05) is 17.7 Å². The number of nitro groups is 1. The molecule has 112 valence electrons. The van der Waals surface area contributed by atoms with E-state index in [1.165, 1.54) is 29.0 Å². The Balaban J connectivity index is 2.49. The first kappa shape index (κ1) is 15.4. The number of rotatable bonds is 4. The average molecular weight is 331 g/mol. The maximum absolute atomic E-state index is 11.3. The molecule has 1 aromatic carbocycles. The average Bonchev–Trinajstić information content (AvgIpc) is 2.73. The number of hydrogen-bond donors (Lipinski definition) is 1. The predicted octanol–water partition coefficient (Wildman–Crippen LogP) is 1.45. The minimum absolute atomic E-state index is 0.0182. The number of aryl methyl sites for hydroxylation is 1. The minimum Gasteiger partial charge on any atom is -0.329 e. The zero-order chi connectivity index (χ0) is 15.8. The fourth-order valence-electron chi connectivity index (χ4n) is 1.82. The summed E-state index contributed by atoms with van der Waals surface area (Å²) >= 11 is 5.99. The van der Waals surface area contributed by atoms with Gasteiger partial charge in [0.1, 0.15) is 5.82 Å². The molecular weight excluding hydrogens is 320 g/mol. The Labute approximate surface area is 125 Å². The number of imidazole rings is 1. The van der Waals surface area contributed by atoms with Crippen LogP contribution in [0.5, 0.6) is 0 Å². The van der Waals surface area contributed by atoms with Crippen molar-refractivity contribution in [3.63, 3.8) is 0 Å². The van der Waals surface area contributed by atoms with Gasteiger partial charge >= 0.3 is 0 Å². The first-order valence-corrected chi connectivity index (χ1v) is 7.61. The van der Waals surface area contributed by atoms with Gasteiger partial charge in [-0.15, -0.1) is 0 Å². The number of aromatic nitrogens is 2. The third-order valence-corrected chi connectivity index (χ3v) is 4.00. The highest BCUT2D eigenvalue weighted by Crippen LogP contribution is 2.27. The van der Waals surface area contributed by atoms with Crippen LogP contribution in [-0.2, 0) is 16.6 Å². The van der Waals surface area contributed by atoms with E-state index in [1.807, 2.05) is 0 Å². The van der Waals surface area contributed by atoms with E-state index >= 15 is 0 Å². The standard InChI is InChI=1S/C11H11ClN4O4S/c1-7-14-11(21(13,19)20)6-15(7)5-8-9(12)3-2-4-10(8)16(17)18/h2-4,6H,5H2,1H3,(H2,13,19,20). The van der Waals surface area contributed by atoms with Crippen molar-refractivity contribution >= 4 is 27.3 Å². The number of hydrogen-bond acceptors (Lipinski definition) is 5. The smallest absolute Gasteiger partial charge is 0.275 e. The number of primary sulfonamides is 1. The Morgan fingerprint density at radius 3 is 2.67 bits per heavy atom. The van der Waals surface area contributed by atoms with E-state index in [0.29, 0.717) is 5.82 Å². The summed E-state index contributed by atoms with van der Waals surface area (Å²) in [5, 5.41) is 15.9. The molecule has 0 fully saturated rings. The highest BCUT2D eigenvalue weighted by molar-refractivity contribution is 7.89. The Kier molecular flexibility index (Phi) is 3.99. The minimum atomic E-state index is -3.93. The number of nitrogens with zero attached hydrogens (tertiary/aromatic N) is 3. The second-order valence-electron chi connectivity index (χ2n) is 4.29. The third kappa shape index (κ3) is 3.20. The molecule has 0 saturated heterocycles. The number of benzene rings is 1. The Morgan fingerprint density at radius 1 is 1.48 bits per heavy atom. The highest BCUT2D eigenvalue weighted by atomic mass is 35.5. The summed E-state index contributed by atoms with van der Waals surface area (Å²) in [6.07, 6.45) is 1.22. The highest BCUT2D eigenvalue weighted by Gasteiger charge is 2.20. The Morgan fingerprint density at radius 2 is 2.14 bits per heavy atom. The molecule has 0 atom stereocenters. The van der Waals surface area contributed by atoms with Gasteiger partial charge in [0, 0.05) is 12.3 Å².